The molecule has 3 N–H and O–H groups in total. The van der Waals surface area contributed by atoms with Gasteiger partial charge in [0.15, 0.2) is 0 Å². The van der Waals surface area contributed by atoms with Gasteiger partial charge in [-0.15, -0.1) is 0 Å². The normalized spacial score (nSPS) is 13.5. The zero-order valence-electron chi connectivity index (χ0n) is 24.0. The molecule has 0 fully saturated rings. The zero-order chi connectivity index (χ0) is 28.4. The Bertz CT molecular complexity index is 1160. The Morgan fingerprint density at radius 2 is 1.56 bits per heavy atom. The third-order valence-electron chi connectivity index (χ3n) is 7.30. The average Bonchev–Trinajstić information content (AvgIpc) is 3.26. The third-order valence-corrected chi connectivity index (χ3v) is 7.30. The summed E-state index contributed by atoms with van der Waals surface area (Å²) in [5.41, 5.74) is 0.760. The molecule has 0 radical (unpaired) electrons. The first-order valence-electron chi connectivity index (χ1n) is 13.8. The number of unbranched alkanes of at least 4 members (excludes halogenated alkanes) is 6. The van der Waals surface area contributed by atoms with Crippen LogP contribution >= 0.6 is 0 Å². The van der Waals surface area contributed by atoms with Gasteiger partial charge in [0.2, 0.25) is 0 Å². The summed E-state index contributed by atoms with van der Waals surface area (Å²) in [6, 6.07) is 3.65. The predicted octanol–water partition coefficient (Wildman–Crippen LogP) is 2.58. The Balaban J connectivity index is 1.27. The quantitative estimate of drug-likeness (QED) is 0.257. The molecule has 218 valence electrons. The number of aromatic nitrogens is 2. The number of aliphatic hydroxyl groups excluding tert-OH is 1. The SMILES string of the molecule is COc1cc(OC)c(CNCC(O)CCCCCCCCCN2CN(C)c3c2n(C)c(=O)[nH]c3=O)c(OC)c1. The molecule has 1 aliphatic rings. The second kappa shape index (κ2) is 14.8. The number of aliphatic hydroxyl groups is 1. The summed E-state index contributed by atoms with van der Waals surface area (Å²) >= 11 is 0. The van der Waals surface area contributed by atoms with Crippen LogP contribution in [0.25, 0.3) is 0 Å². The summed E-state index contributed by atoms with van der Waals surface area (Å²) < 4.78 is 17.8. The molecular formula is C28H45N5O6. The van der Waals surface area contributed by atoms with Crippen LogP contribution in [0.3, 0.4) is 0 Å². The van der Waals surface area contributed by atoms with E-state index >= 15 is 0 Å². The van der Waals surface area contributed by atoms with Crippen LogP contribution in [0.1, 0.15) is 56.9 Å². The van der Waals surface area contributed by atoms with Crippen LogP contribution in [0.15, 0.2) is 21.7 Å². The van der Waals surface area contributed by atoms with Crippen molar-refractivity contribution in [1.29, 1.82) is 0 Å². The van der Waals surface area contributed by atoms with Gasteiger partial charge in [-0.25, -0.2) is 4.79 Å². The molecule has 11 nitrogen and oxygen atoms in total. The molecule has 0 saturated heterocycles. The Morgan fingerprint density at radius 1 is 0.949 bits per heavy atom. The van der Waals surface area contributed by atoms with Gasteiger partial charge in [0.1, 0.15) is 28.8 Å². The monoisotopic (exact) mass is 547 g/mol. The number of nitrogens with one attached hydrogen (secondary N) is 2. The summed E-state index contributed by atoms with van der Waals surface area (Å²) in [5, 5.41) is 13.7. The number of H-pyrrole nitrogens is 1. The molecule has 11 heteroatoms. The highest BCUT2D eigenvalue weighted by Crippen LogP contribution is 2.34. The maximum absolute atomic E-state index is 12.2. The first-order valence-corrected chi connectivity index (χ1v) is 13.8. The molecule has 0 amide bonds. The van der Waals surface area contributed by atoms with E-state index in [4.69, 9.17) is 14.2 Å². The molecule has 0 aliphatic carbocycles. The van der Waals surface area contributed by atoms with Gasteiger partial charge in [-0.3, -0.25) is 14.3 Å². The fourth-order valence-corrected chi connectivity index (χ4v) is 5.16. The average molecular weight is 548 g/mol. The number of fused-ring (bicyclic) bond motifs is 1. The van der Waals surface area contributed by atoms with Crippen molar-refractivity contribution in [2.75, 3.05) is 57.9 Å². The number of rotatable bonds is 17. The van der Waals surface area contributed by atoms with E-state index in [9.17, 15) is 14.7 Å². The molecule has 2 heterocycles. The standard InChI is InChI=1S/C28H45N5O6/c1-31-19-33(27-25(31)26(35)30-28(36)32(27)2)14-12-10-8-6-7-9-11-13-20(34)17-29-18-22-23(38-4)15-21(37-3)16-24(22)39-5/h15-16,20,29,34H,6-14,17-19H2,1-5H3,(H,30,35,36). The van der Waals surface area contributed by atoms with Crippen molar-refractivity contribution in [3.8, 4) is 17.2 Å². The topological polar surface area (TPSA) is 121 Å². The summed E-state index contributed by atoms with van der Waals surface area (Å²) in [4.78, 5) is 30.6. The van der Waals surface area contributed by atoms with Gasteiger partial charge < -0.3 is 34.4 Å². The fourth-order valence-electron chi connectivity index (χ4n) is 5.16. The minimum absolute atomic E-state index is 0.322. The van der Waals surface area contributed by atoms with Crippen LogP contribution in [0.2, 0.25) is 0 Å². The van der Waals surface area contributed by atoms with Gasteiger partial charge >= 0.3 is 5.69 Å². The van der Waals surface area contributed by atoms with Crippen LogP contribution in [0, 0.1) is 0 Å². The van der Waals surface area contributed by atoms with Gasteiger partial charge in [-0.05, 0) is 12.8 Å². The van der Waals surface area contributed by atoms with E-state index in [-0.39, 0.29) is 11.2 Å². The van der Waals surface area contributed by atoms with Gasteiger partial charge in [0, 0.05) is 45.9 Å². The second-order valence-corrected chi connectivity index (χ2v) is 10.2. The number of hydrogen-bond donors (Lipinski definition) is 3. The molecule has 1 aromatic heterocycles. The Kier molecular flexibility index (Phi) is 11.5. The maximum Gasteiger partial charge on any atom is 0.329 e. The van der Waals surface area contributed by atoms with E-state index in [0.717, 1.165) is 57.1 Å². The molecule has 2 aromatic rings. The molecule has 0 spiro atoms. The number of nitrogens with zero attached hydrogens (tertiary/aromatic N) is 3. The highest BCUT2D eigenvalue weighted by molar-refractivity contribution is 5.71. The summed E-state index contributed by atoms with van der Waals surface area (Å²) in [7, 11) is 8.41. The first-order chi connectivity index (χ1) is 18.8. The lowest BCUT2D eigenvalue weighted by molar-refractivity contribution is 0.157. The highest BCUT2D eigenvalue weighted by atomic mass is 16.5. The minimum atomic E-state index is -0.398. The minimum Gasteiger partial charge on any atom is -0.496 e. The van der Waals surface area contributed by atoms with Crippen molar-refractivity contribution in [2.24, 2.45) is 7.05 Å². The maximum atomic E-state index is 12.2. The van der Waals surface area contributed by atoms with Crippen LogP contribution < -0.4 is 40.6 Å². The molecular weight excluding hydrogens is 502 g/mol. The number of aromatic amines is 1. The van der Waals surface area contributed by atoms with Crippen molar-refractivity contribution < 1.29 is 19.3 Å². The van der Waals surface area contributed by atoms with Crippen LogP contribution in [-0.2, 0) is 13.6 Å². The van der Waals surface area contributed by atoms with Crippen LogP contribution in [0.4, 0.5) is 11.5 Å². The van der Waals surface area contributed by atoms with Crippen molar-refractivity contribution in [2.45, 2.75) is 64.0 Å². The van der Waals surface area contributed by atoms with Crippen LogP contribution in [-0.4, -0.2) is 68.9 Å². The van der Waals surface area contributed by atoms with Crippen LogP contribution in [0.5, 0.6) is 17.2 Å². The lowest BCUT2D eigenvalue weighted by Crippen LogP contribution is -2.32. The van der Waals surface area contributed by atoms with E-state index in [1.54, 1.807) is 28.4 Å². The van der Waals surface area contributed by atoms with Crippen molar-refractivity contribution in [1.82, 2.24) is 14.9 Å². The molecule has 1 aliphatic heterocycles. The van der Waals surface area contributed by atoms with Crippen molar-refractivity contribution >= 4 is 11.5 Å². The number of ether oxygens (including phenoxy) is 3. The predicted molar refractivity (Wildman–Crippen MR) is 154 cm³/mol. The third kappa shape index (κ3) is 7.92. The van der Waals surface area contributed by atoms with Gasteiger partial charge in [0.25, 0.3) is 5.56 Å². The summed E-state index contributed by atoms with van der Waals surface area (Å²) in [5.74, 6) is 2.75. The van der Waals surface area contributed by atoms with Crippen molar-refractivity contribution in [3.63, 3.8) is 0 Å². The van der Waals surface area contributed by atoms with Gasteiger partial charge in [0.05, 0.1) is 39.7 Å². The van der Waals surface area contributed by atoms with E-state index in [1.165, 1.54) is 11.0 Å². The first kappa shape index (κ1) is 30.4. The molecule has 3 rings (SSSR count). The molecule has 0 bridgehead atoms. The lowest BCUT2D eigenvalue weighted by Gasteiger charge is -2.20. The number of benzene rings is 1. The molecule has 0 saturated carbocycles. The number of anilines is 2. The van der Waals surface area contributed by atoms with E-state index in [1.807, 2.05) is 24.1 Å². The van der Waals surface area contributed by atoms with E-state index in [0.29, 0.717) is 48.5 Å². The number of hydrogen-bond acceptors (Lipinski definition) is 9. The van der Waals surface area contributed by atoms with E-state index < -0.39 is 6.10 Å². The summed E-state index contributed by atoms with van der Waals surface area (Å²) in [6.07, 6.45) is 8.07. The largest absolute Gasteiger partial charge is 0.496 e. The molecule has 39 heavy (non-hydrogen) atoms. The molecule has 1 atom stereocenters. The lowest BCUT2D eigenvalue weighted by atomic mass is 10.1. The second-order valence-electron chi connectivity index (χ2n) is 10.2. The molecule has 1 unspecified atom stereocenters. The Labute approximate surface area is 230 Å². The van der Waals surface area contributed by atoms with Crippen molar-refractivity contribution in [3.05, 3.63) is 38.5 Å². The smallest absolute Gasteiger partial charge is 0.329 e. The molecule has 1 aromatic carbocycles. The van der Waals surface area contributed by atoms with E-state index in [2.05, 4.69) is 15.2 Å². The Hall–Kier alpha value is -3.18. The summed E-state index contributed by atoms with van der Waals surface area (Å²) in [6.45, 7) is 2.47. The zero-order valence-corrected chi connectivity index (χ0v) is 24.0. The highest BCUT2D eigenvalue weighted by Gasteiger charge is 2.29. The van der Waals surface area contributed by atoms with Gasteiger partial charge in [-0.2, -0.15) is 0 Å². The Morgan fingerprint density at radius 3 is 2.18 bits per heavy atom. The number of methoxy groups -OCH3 is 3. The fraction of sp³-hybridized carbons (Fsp3) is 0.643. The van der Waals surface area contributed by atoms with Gasteiger partial charge in [-0.1, -0.05) is 38.5 Å².